The van der Waals surface area contributed by atoms with Crippen molar-refractivity contribution in [1.82, 2.24) is 20.1 Å². The summed E-state index contributed by atoms with van der Waals surface area (Å²) >= 11 is 18.9. The summed E-state index contributed by atoms with van der Waals surface area (Å²) in [5.41, 5.74) is 5.99. The number of pyridine rings is 1. The van der Waals surface area contributed by atoms with Crippen molar-refractivity contribution in [3.05, 3.63) is 110 Å². The summed E-state index contributed by atoms with van der Waals surface area (Å²) in [7, 11) is 0. The zero-order valence-electron chi connectivity index (χ0n) is 20.1. The molecule has 0 fully saturated rings. The van der Waals surface area contributed by atoms with Gasteiger partial charge in [0, 0.05) is 40.5 Å². The molecule has 1 N–H and O–H groups in total. The lowest BCUT2D eigenvalue weighted by molar-refractivity contribution is 0.0947. The fraction of sp³-hybridized carbons (Fsp3) is 0.207. The van der Waals surface area contributed by atoms with Gasteiger partial charge in [-0.25, -0.2) is 4.68 Å². The quantitative estimate of drug-likeness (QED) is 0.253. The van der Waals surface area contributed by atoms with Gasteiger partial charge < -0.3 is 5.32 Å². The number of fused-ring (bicyclic) bond motifs is 1. The molecule has 0 radical (unpaired) electrons. The lowest BCUT2D eigenvalue weighted by Gasteiger charge is -2.13. The van der Waals surface area contributed by atoms with Gasteiger partial charge in [-0.2, -0.15) is 5.10 Å². The molecule has 0 bridgehead atoms. The number of amides is 1. The first kappa shape index (κ1) is 25.5. The Morgan fingerprint density at radius 2 is 1.76 bits per heavy atom. The number of halogens is 3. The number of carbonyl (C=O) groups is 1. The highest BCUT2D eigenvalue weighted by Gasteiger charge is 2.28. The minimum Gasteiger partial charge on any atom is -0.350 e. The molecule has 2 heterocycles. The van der Waals surface area contributed by atoms with E-state index in [9.17, 15) is 4.79 Å². The van der Waals surface area contributed by atoms with E-state index in [0.717, 1.165) is 53.8 Å². The van der Waals surface area contributed by atoms with Crippen molar-refractivity contribution >= 4 is 52.4 Å². The van der Waals surface area contributed by atoms with E-state index in [2.05, 4.69) is 16.4 Å². The van der Waals surface area contributed by atoms with Crippen LogP contribution in [0, 0.1) is 0 Å². The van der Waals surface area contributed by atoms with Crippen LogP contribution in [-0.2, 0) is 12.8 Å². The average Bonchev–Trinajstić information content (AvgIpc) is 3.14. The van der Waals surface area contributed by atoms with E-state index in [0.29, 0.717) is 39.4 Å². The first-order valence-electron chi connectivity index (χ1n) is 12.2. The number of nitrogens with one attached hydrogen (secondary N) is 1. The Labute approximate surface area is 231 Å². The minimum atomic E-state index is -0.205. The number of aromatic nitrogens is 3. The van der Waals surface area contributed by atoms with E-state index < -0.39 is 0 Å². The van der Waals surface area contributed by atoms with Gasteiger partial charge in [-0.3, -0.25) is 9.78 Å². The van der Waals surface area contributed by atoms with Crippen LogP contribution in [0.1, 0.15) is 52.3 Å². The third kappa shape index (κ3) is 5.90. The third-order valence-electron chi connectivity index (χ3n) is 6.37. The van der Waals surface area contributed by atoms with Crippen molar-refractivity contribution in [1.29, 1.82) is 0 Å². The van der Waals surface area contributed by atoms with E-state index in [1.54, 1.807) is 23.0 Å². The largest absolute Gasteiger partial charge is 0.350 e. The van der Waals surface area contributed by atoms with Crippen LogP contribution in [0.25, 0.3) is 17.3 Å². The smallest absolute Gasteiger partial charge is 0.272 e. The number of nitrogens with zero attached hydrogens (tertiary/aromatic N) is 3. The molecule has 0 unspecified atom stereocenters. The first-order chi connectivity index (χ1) is 18.0. The van der Waals surface area contributed by atoms with Crippen molar-refractivity contribution in [2.24, 2.45) is 0 Å². The standard InChI is InChI=1S/C29H25Cl3N4O/c30-21-10-8-19(9-11-21)17-20-5-1-2-7-24-27(29(37)34-16-14-23-6-3-4-15-33-23)35-36(28(20)24)26-13-12-22(31)18-25(26)32/h3-4,6,8-13,15,17-18H,1-2,5,7,14,16H2,(H,34,37). The van der Waals surface area contributed by atoms with Crippen molar-refractivity contribution in [2.75, 3.05) is 6.54 Å². The fourth-order valence-corrected chi connectivity index (χ4v) is 5.21. The number of rotatable bonds is 6. The molecule has 0 saturated carbocycles. The molecule has 0 spiro atoms. The van der Waals surface area contributed by atoms with E-state index >= 15 is 0 Å². The monoisotopic (exact) mass is 550 g/mol. The molecule has 2 aromatic carbocycles. The Bertz CT molecular complexity index is 1450. The van der Waals surface area contributed by atoms with Crippen molar-refractivity contribution in [3.8, 4) is 5.69 Å². The predicted molar refractivity (Wildman–Crippen MR) is 151 cm³/mol. The predicted octanol–water partition coefficient (Wildman–Crippen LogP) is 7.47. The van der Waals surface area contributed by atoms with Gasteiger partial charge in [0.2, 0.25) is 0 Å². The van der Waals surface area contributed by atoms with Crippen molar-refractivity contribution in [3.63, 3.8) is 0 Å². The maximum absolute atomic E-state index is 13.4. The number of carbonyl (C=O) groups excluding carboxylic acids is 1. The molecule has 1 aliphatic carbocycles. The highest BCUT2D eigenvalue weighted by atomic mass is 35.5. The molecule has 5 rings (SSSR count). The summed E-state index contributed by atoms with van der Waals surface area (Å²) in [4.78, 5) is 17.7. The van der Waals surface area contributed by atoms with Crippen LogP contribution < -0.4 is 5.32 Å². The maximum Gasteiger partial charge on any atom is 0.272 e. The fourth-order valence-electron chi connectivity index (χ4n) is 4.60. The summed E-state index contributed by atoms with van der Waals surface area (Å²) in [5, 5.41) is 9.55. The second-order valence-corrected chi connectivity index (χ2v) is 10.2. The van der Waals surface area contributed by atoms with Crippen LogP contribution in [0.4, 0.5) is 0 Å². The molecule has 2 aromatic heterocycles. The molecule has 8 heteroatoms. The molecular weight excluding hydrogens is 527 g/mol. The number of allylic oxidation sites excluding steroid dienone is 1. The minimum absolute atomic E-state index is 0.205. The summed E-state index contributed by atoms with van der Waals surface area (Å²) < 4.78 is 1.80. The molecule has 4 aromatic rings. The van der Waals surface area contributed by atoms with Gasteiger partial charge in [-0.15, -0.1) is 0 Å². The van der Waals surface area contributed by atoms with Crippen LogP contribution in [0.5, 0.6) is 0 Å². The van der Waals surface area contributed by atoms with Crippen LogP contribution >= 0.6 is 34.8 Å². The van der Waals surface area contributed by atoms with Gasteiger partial charge in [0.25, 0.3) is 5.91 Å². The molecule has 188 valence electrons. The van der Waals surface area contributed by atoms with Crippen molar-refractivity contribution in [2.45, 2.75) is 32.1 Å². The summed E-state index contributed by atoms with van der Waals surface area (Å²) in [5.74, 6) is -0.205. The van der Waals surface area contributed by atoms with E-state index in [-0.39, 0.29) is 5.91 Å². The normalized spacial score (nSPS) is 14.3. The average molecular weight is 552 g/mol. The summed E-state index contributed by atoms with van der Waals surface area (Å²) in [6, 6.07) is 18.8. The topological polar surface area (TPSA) is 59.8 Å². The van der Waals surface area contributed by atoms with Crippen LogP contribution in [0.2, 0.25) is 15.1 Å². The van der Waals surface area contributed by atoms with E-state index in [1.165, 1.54) is 0 Å². The lowest BCUT2D eigenvalue weighted by Crippen LogP contribution is -2.27. The zero-order valence-corrected chi connectivity index (χ0v) is 22.3. The SMILES string of the molecule is O=C(NCCc1ccccn1)c1nn(-c2ccc(Cl)cc2Cl)c2c1CCCCC2=Cc1ccc(Cl)cc1. The Morgan fingerprint density at radius 1 is 0.973 bits per heavy atom. The second kappa shape index (κ2) is 11.5. The molecule has 0 saturated heterocycles. The zero-order chi connectivity index (χ0) is 25.8. The second-order valence-electron chi connectivity index (χ2n) is 8.94. The molecule has 37 heavy (non-hydrogen) atoms. The van der Waals surface area contributed by atoms with Gasteiger partial charge >= 0.3 is 0 Å². The summed E-state index contributed by atoms with van der Waals surface area (Å²) in [6.45, 7) is 0.465. The van der Waals surface area contributed by atoms with Gasteiger partial charge in [0.05, 0.1) is 16.4 Å². The molecule has 5 nitrogen and oxygen atoms in total. The van der Waals surface area contributed by atoms with Crippen LogP contribution in [0.15, 0.2) is 66.9 Å². The van der Waals surface area contributed by atoms with Gasteiger partial charge in [0.15, 0.2) is 5.69 Å². The molecule has 1 amide bonds. The lowest BCUT2D eigenvalue weighted by atomic mass is 10.0. The molecular formula is C29H25Cl3N4O. The van der Waals surface area contributed by atoms with Crippen LogP contribution in [0.3, 0.4) is 0 Å². The first-order valence-corrected chi connectivity index (χ1v) is 13.3. The highest BCUT2D eigenvalue weighted by Crippen LogP contribution is 2.37. The third-order valence-corrected chi connectivity index (χ3v) is 7.16. The molecule has 1 aliphatic rings. The van der Waals surface area contributed by atoms with Crippen LogP contribution in [-0.4, -0.2) is 27.2 Å². The Morgan fingerprint density at radius 3 is 2.51 bits per heavy atom. The Hall–Kier alpha value is -3.12. The Kier molecular flexibility index (Phi) is 7.94. The van der Waals surface area contributed by atoms with Gasteiger partial charge in [-0.1, -0.05) is 53.0 Å². The van der Waals surface area contributed by atoms with Crippen molar-refractivity contribution < 1.29 is 4.79 Å². The Balaban J connectivity index is 1.56. The van der Waals surface area contributed by atoms with Gasteiger partial charge in [-0.05, 0) is 85.4 Å². The summed E-state index contributed by atoms with van der Waals surface area (Å²) in [6.07, 6.45) is 8.10. The molecule has 0 aliphatic heterocycles. The van der Waals surface area contributed by atoms with E-state index in [4.69, 9.17) is 39.9 Å². The maximum atomic E-state index is 13.4. The van der Waals surface area contributed by atoms with Gasteiger partial charge in [0.1, 0.15) is 0 Å². The number of hydrogen-bond donors (Lipinski definition) is 1. The molecule has 0 atom stereocenters. The highest BCUT2D eigenvalue weighted by molar-refractivity contribution is 6.35. The van der Waals surface area contributed by atoms with E-state index in [1.807, 2.05) is 48.5 Å². The number of benzene rings is 2. The number of hydrogen-bond acceptors (Lipinski definition) is 3.